The molecule has 10 nitrogen and oxygen atoms in total. The zero-order chi connectivity index (χ0) is 28.4. The number of nitrogens with two attached hydrogens (primary N) is 1. The highest BCUT2D eigenvalue weighted by molar-refractivity contribution is 7.92. The van der Waals surface area contributed by atoms with E-state index in [2.05, 4.69) is 4.98 Å². The molecule has 0 saturated carbocycles. The van der Waals surface area contributed by atoms with Crippen LogP contribution in [0.5, 0.6) is 0 Å². The molecule has 1 aromatic heterocycles. The molecule has 3 aromatic rings. The lowest BCUT2D eigenvalue weighted by atomic mass is 10.1. The van der Waals surface area contributed by atoms with Crippen LogP contribution in [0.1, 0.15) is 43.6 Å². The van der Waals surface area contributed by atoms with Crippen molar-refractivity contribution in [2.24, 2.45) is 11.8 Å². The number of nitrogen functional groups attached to an aromatic ring is 1. The number of benzene rings is 2. The third-order valence-electron chi connectivity index (χ3n) is 5.98. The molecular weight excluding hydrogens is 506 g/mol. The molecule has 0 radical (unpaired) electrons. The van der Waals surface area contributed by atoms with Gasteiger partial charge in [0.15, 0.2) is 5.69 Å². The molecule has 0 atom stereocenters. The van der Waals surface area contributed by atoms with E-state index in [1.54, 1.807) is 24.3 Å². The minimum absolute atomic E-state index is 0.0201. The van der Waals surface area contributed by atoms with E-state index < -0.39 is 27.2 Å². The highest BCUT2D eigenvalue weighted by atomic mass is 32.2. The number of amides is 1. The van der Waals surface area contributed by atoms with Crippen LogP contribution < -0.4 is 26.2 Å². The van der Waals surface area contributed by atoms with Crippen molar-refractivity contribution in [1.82, 2.24) is 9.55 Å². The number of hydrogen-bond acceptors (Lipinski definition) is 6. The van der Waals surface area contributed by atoms with E-state index >= 15 is 0 Å². The average Bonchev–Trinajstić information content (AvgIpc) is 2.85. The van der Waals surface area contributed by atoms with Gasteiger partial charge in [-0.3, -0.25) is 23.4 Å². The van der Waals surface area contributed by atoms with Crippen LogP contribution in [-0.4, -0.2) is 37.5 Å². The standard InChI is InChI=1S/C27H35N5O5S/c1-17(2)15-31(23-24(28)32(16-18(3)4)27(35)29-25(23)33)26(34)20-9-11-21(12-10-20)30(6)38(36,37)22-13-7-19(5)8-14-22/h7-14,17-18H,15-16,28H2,1-6H3,(H,29,33,35). The van der Waals surface area contributed by atoms with E-state index in [9.17, 15) is 22.8 Å². The largest absolute Gasteiger partial charge is 0.383 e. The second-order valence-corrected chi connectivity index (χ2v) is 12.1. The first-order valence-electron chi connectivity index (χ1n) is 12.3. The van der Waals surface area contributed by atoms with E-state index in [0.717, 1.165) is 9.87 Å². The van der Waals surface area contributed by atoms with Crippen molar-refractivity contribution in [2.45, 2.75) is 46.1 Å². The quantitative estimate of drug-likeness (QED) is 0.427. The number of sulfonamides is 1. The summed E-state index contributed by atoms with van der Waals surface area (Å²) in [5.41, 5.74) is 6.34. The Morgan fingerprint density at radius 2 is 1.55 bits per heavy atom. The molecule has 38 heavy (non-hydrogen) atoms. The van der Waals surface area contributed by atoms with Gasteiger partial charge in [0, 0.05) is 25.7 Å². The van der Waals surface area contributed by atoms with Crippen molar-refractivity contribution < 1.29 is 13.2 Å². The number of nitrogens with one attached hydrogen (secondary N) is 1. The number of hydrogen-bond donors (Lipinski definition) is 2. The third-order valence-corrected chi connectivity index (χ3v) is 7.78. The van der Waals surface area contributed by atoms with Gasteiger partial charge < -0.3 is 10.6 Å². The van der Waals surface area contributed by atoms with Gasteiger partial charge in [-0.15, -0.1) is 0 Å². The van der Waals surface area contributed by atoms with Crippen LogP contribution in [0.15, 0.2) is 63.0 Å². The van der Waals surface area contributed by atoms with E-state index in [4.69, 9.17) is 5.73 Å². The van der Waals surface area contributed by atoms with Crippen molar-refractivity contribution >= 4 is 33.1 Å². The number of H-pyrrole nitrogens is 1. The Morgan fingerprint density at radius 1 is 0.974 bits per heavy atom. The summed E-state index contributed by atoms with van der Waals surface area (Å²) in [7, 11) is -2.36. The Balaban J connectivity index is 2.00. The van der Waals surface area contributed by atoms with Crippen LogP contribution in [0.25, 0.3) is 0 Å². The molecule has 1 amide bonds. The molecule has 0 aliphatic rings. The van der Waals surface area contributed by atoms with Gasteiger partial charge in [-0.05, 0) is 55.2 Å². The zero-order valence-electron chi connectivity index (χ0n) is 22.6. The maximum Gasteiger partial charge on any atom is 0.330 e. The lowest BCUT2D eigenvalue weighted by Gasteiger charge is -2.27. The highest BCUT2D eigenvalue weighted by Crippen LogP contribution is 2.25. The summed E-state index contributed by atoms with van der Waals surface area (Å²) in [5.74, 6) is -0.528. The molecule has 0 aliphatic carbocycles. The highest BCUT2D eigenvalue weighted by Gasteiger charge is 2.27. The van der Waals surface area contributed by atoms with Gasteiger partial charge in [0.1, 0.15) is 5.82 Å². The molecule has 3 rings (SSSR count). The number of anilines is 3. The normalized spacial score (nSPS) is 11.7. The molecule has 0 bridgehead atoms. The summed E-state index contributed by atoms with van der Waals surface area (Å²) in [6.07, 6.45) is 0. The van der Waals surface area contributed by atoms with Crippen LogP contribution >= 0.6 is 0 Å². The maximum atomic E-state index is 13.6. The molecule has 0 fully saturated rings. The molecule has 1 heterocycles. The summed E-state index contributed by atoms with van der Waals surface area (Å²) in [6.45, 7) is 9.92. The second-order valence-electron chi connectivity index (χ2n) is 10.1. The lowest BCUT2D eigenvalue weighted by molar-refractivity contribution is 0.0983. The van der Waals surface area contributed by atoms with Crippen molar-refractivity contribution in [3.8, 4) is 0 Å². The summed E-state index contributed by atoms with van der Waals surface area (Å²) in [4.78, 5) is 42.6. The van der Waals surface area contributed by atoms with E-state index in [1.165, 1.54) is 40.8 Å². The van der Waals surface area contributed by atoms with Gasteiger partial charge >= 0.3 is 5.69 Å². The predicted octanol–water partition coefficient (Wildman–Crippen LogP) is 3.21. The van der Waals surface area contributed by atoms with Crippen molar-refractivity contribution in [2.75, 3.05) is 28.5 Å². The Labute approximate surface area is 222 Å². The summed E-state index contributed by atoms with van der Waals surface area (Å²) < 4.78 is 28.5. The first-order valence-corrected chi connectivity index (χ1v) is 13.8. The zero-order valence-corrected chi connectivity index (χ0v) is 23.4. The topological polar surface area (TPSA) is 139 Å². The number of aromatic nitrogens is 2. The van der Waals surface area contributed by atoms with Crippen molar-refractivity contribution in [3.05, 3.63) is 80.5 Å². The molecule has 0 saturated heterocycles. The van der Waals surface area contributed by atoms with Crippen LogP contribution in [0.2, 0.25) is 0 Å². The first-order chi connectivity index (χ1) is 17.7. The van der Waals surface area contributed by atoms with E-state index in [0.29, 0.717) is 5.69 Å². The smallest absolute Gasteiger partial charge is 0.330 e. The molecule has 0 aliphatic heterocycles. The molecule has 2 aromatic carbocycles. The summed E-state index contributed by atoms with van der Waals surface area (Å²) in [5, 5.41) is 0. The van der Waals surface area contributed by atoms with E-state index in [1.807, 2.05) is 34.6 Å². The van der Waals surface area contributed by atoms with Crippen molar-refractivity contribution in [3.63, 3.8) is 0 Å². The fraction of sp³-hybridized carbons (Fsp3) is 0.370. The monoisotopic (exact) mass is 541 g/mol. The van der Waals surface area contributed by atoms with E-state index in [-0.39, 0.29) is 46.9 Å². The van der Waals surface area contributed by atoms with Crippen LogP contribution in [0, 0.1) is 18.8 Å². The molecular formula is C27H35N5O5S. The first kappa shape index (κ1) is 28.7. The molecule has 0 spiro atoms. The molecule has 3 N–H and O–H groups in total. The maximum absolute atomic E-state index is 13.6. The second kappa shape index (κ2) is 11.3. The molecule has 204 valence electrons. The number of aryl methyl sites for hydroxylation is 1. The van der Waals surface area contributed by atoms with Gasteiger partial charge in [-0.2, -0.15) is 0 Å². The number of aromatic amines is 1. The van der Waals surface area contributed by atoms with Crippen molar-refractivity contribution in [1.29, 1.82) is 0 Å². The van der Waals surface area contributed by atoms with Gasteiger partial charge in [-0.25, -0.2) is 13.2 Å². The number of nitrogens with zero attached hydrogens (tertiary/aromatic N) is 3. The fourth-order valence-electron chi connectivity index (χ4n) is 4.00. The number of rotatable bonds is 9. The minimum Gasteiger partial charge on any atom is -0.383 e. The molecule has 0 unspecified atom stereocenters. The lowest BCUT2D eigenvalue weighted by Crippen LogP contribution is -2.43. The fourth-order valence-corrected chi connectivity index (χ4v) is 5.20. The Hall–Kier alpha value is -3.86. The minimum atomic E-state index is -3.80. The molecule has 11 heteroatoms. The average molecular weight is 542 g/mol. The Kier molecular flexibility index (Phi) is 8.51. The summed E-state index contributed by atoms with van der Waals surface area (Å²) >= 11 is 0. The van der Waals surface area contributed by atoms with Gasteiger partial charge in [-0.1, -0.05) is 45.4 Å². The third kappa shape index (κ3) is 5.99. The SMILES string of the molecule is Cc1ccc(S(=O)(=O)N(C)c2ccc(C(=O)N(CC(C)C)c3c(N)n(CC(C)C)c(=O)[nH]c3=O)cc2)cc1. The van der Waals surface area contributed by atoms with Gasteiger partial charge in [0.2, 0.25) is 0 Å². The number of carbonyl (C=O) groups is 1. The van der Waals surface area contributed by atoms with Gasteiger partial charge in [0.05, 0.1) is 10.6 Å². The predicted molar refractivity (Wildman–Crippen MR) is 150 cm³/mol. The van der Waals surface area contributed by atoms with Crippen LogP contribution in [0.3, 0.4) is 0 Å². The number of carbonyl (C=O) groups excluding carboxylic acids is 1. The Bertz CT molecular complexity index is 1520. The van der Waals surface area contributed by atoms with Crippen LogP contribution in [-0.2, 0) is 16.6 Å². The Morgan fingerprint density at radius 3 is 2.08 bits per heavy atom. The summed E-state index contributed by atoms with van der Waals surface area (Å²) in [6, 6.07) is 12.6. The van der Waals surface area contributed by atoms with Crippen LogP contribution in [0.4, 0.5) is 17.2 Å². The van der Waals surface area contributed by atoms with Gasteiger partial charge in [0.25, 0.3) is 21.5 Å².